The summed E-state index contributed by atoms with van der Waals surface area (Å²) in [5, 5.41) is 3.62. The fourth-order valence-electron chi connectivity index (χ4n) is 1.87. The van der Waals surface area contributed by atoms with Crippen LogP contribution >= 0.6 is 0 Å². The topological polar surface area (TPSA) is 77.8 Å². The number of hydrogen-bond acceptors (Lipinski definition) is 5. The van der Waals surface area contributed by atoms with E-state index in [2.05, 4.69) is 15.1 Å². The van der Waals surface area contributed by atoms with E-state index in [0.29, 0.717) is 5.56 Å². The minimum Gasteiger partial charge on any atom is -0.380 e. The Morgan fingerprint density at radius 1 is 1.10 bits per heavy atom. The van der Waals surface area contributed by atoms with E-state index in [-0.39, 0.29) is 22.7 Å². The molecule has 0 aliphatic carbocycles. The van der Waals surface area contributed by atoms with Crippen LogP contribution in [0, 0.1) is 11.6 Å². The van der Waals surface area contributed by atoms with Crippen molar-refractivity contribution < 1.29 is 13.3 Å². The Kier molecular flexibility index (Phi) is 2.86. The van der Waals surface area contributed by atoms with E-state index in [9.17, 15) is 8.78 Å². The highest BCUT2D eigenvalue weighted by atomic mass is 19.1. The van der Waals surface area contributed by atoms with Crippen LogP contribution in [0.15, 0.2) is 41.4 Å². The molecule has 0 saturated heterocycles. The van der Waals surface area contributed by atoms with Crippen LogP contribution in [0.1, 0.15) is 0 Å². The van der Waals surface area contributed by atoms with Gasteiger partial charge in [0.1, 0.15) is 18.0 Å². The quantitative estimate of drug-likeness (QED) is 0.777. The number of hydrogen-bond donors (Lipinski definition) is 1. The van der Waals surface area contributed by atoms with Crippen molar-refractivity contribution in [3.05, 3.63) is 48.6 Å². The second-order valence-corrected chi connectivity index (χ2v) is 4.02. The Morgan fingerprint density at radius 2 is 1.85 bits per heavy atom. The van der Waals surface area contributed by atoms with Gasteiger partial charge < -0.3 is 10.3 Å². The van der Waals surface area contributed by atoms with Crippen molar-refractivity contribution in [2.45, 2.75) is 0 Å². The van der Waals surface area contributed by atoms with Crippen LogP contribution in [0.3, 0.4) is 0 Å². The maximum absolute atomic E-state index is 13.9. The van der Waals surface area contributed by atoms with Crippen LogP contribution in [-0.2, 0) is 0 Å². The molecule has 0 bridgehead atoms. The number of aromatic nitrogens is 3. The number of halogens is 2. The summed E-state index contributed by atoms with van der Waals surface area (Å²) in [4.78, 5) is 7.70. The second-order valence-electron chi connectivity index (χ2n) is 4.02. The Bertz CT molecular complexity index is 758. The summed E-state index contributed by atoms with van der Waals surface area (Å²) in [6, 6.07) is 3.18. The van der Waals surface area contributed by atoms with Crippen molar-refractivity contribution in [2.75, 3.05) is 5.73 Å². The molecule has 2 aromatic heterocycles. The van der Waals surface area contributed by atoms with Gasteiger partial charge in [0.25, 0.3) is 0 Å². The van der Waals surface area contributed by atoms with Gasteiger partial charge >= 0.3 is 0 Å². The van der Waals surface area contributed by atoms with E-state index in [1.165, 1.54) is 24.8 Å². The van der Waals surface area contributed by atoms with Crippen LogP contribution in [0.25, 0.3) is 22.5 Å². The van der Waals surface area contributed by atoms with Crippen LogP contribution in [-0.4, -0.2) is 15.1 Å². The molecular formula is C13H8F2N4O. The molecule has 3 rings (SSSR count). The van der Waals surface area contributed by atoms with Gasteiger partial charge in [-0.3, -0.25) is 0 Å². The lowest BCUT2D eigenvalue weighted by molar-refractivity contribution is 0.435. The van der Waals surface area contributed by atoms with Gasteiger partial charge in [0.05, 0.1) is 11.1 Å². The Labute approximate surface area is 112 Å². The van der Waals surface area contributed by atoms with Gasteiger partial charge in [0.15, 0.2) is 11.6 Å². The van der Waals surface area contributed by atoms with Crippen molar-refractivity contribution in [3.8, 4) is 22.5 Å². The number of nitrogens with two attached hydrogens (primary N) is 1. The number of rotatable bonds is 2. The molecule has 0 amide bonds. The lowest BCUT2D eigenvalue weighted by Gasteiger charge is -2.04. The first-order valence-electron chi connectivity index (χ1n) is 5.63. The molecule has 0 atom stereocenters. The predicted octanol–water partition coefficient (Wildman–Crippen LogP) is 2.66. The van der Waals surface area contributed by atoms with E-state index in [1.54, 1.807) is 0 Å². The molecular weight excluding hydrogens is 266 g/mol. The normalized spacial score (nSPS) is 10.7. The van der Waals surface area contributed by atoms with Crippen molar-refractivity contribution in [2.24, 2.45) is 0 Å². The molecule has 20 heavy (non-hydrogen) atoms. The molecule has 3 aromatic rings. The minimum absolute atomic E-state index is 0.00867. The Hall–Kier alpha value is -2.83. The van der Waals surface area contributed by atoms with Gasteiger partial charge in [-0.1, -0.05) is 5.16 Å². The average molecular weight is 274 g/mol. The molecule has 0 spiro atoms. The zero-order chi connectivity index (χ0) is 14.1. The summed E-state index contributed by atoms with van der Waals surface area (Å²) < 4.78 is 32.0. The maximum Gasteiger partial charge on any atom is 0.180 e. The molecule has 100 valence electrons. The van der Waals surface area contributed by atoms with Crippen LogP contribution < -0.4 is 5.73 Å². The number of anilines is 1. The van der Waals surface area contributed by atoms with E-state index in [1.807, 2.05) is 0 Å². The van der Waals surface area contributed by atoms with Gasteiger partial charge in [-0.05, 0) is 12.1 Å². The first kappa shape index (κ1) is 12.2. The molecule has 0 aliphatic heterocycles. The SMILES string of the molecule is Nc1noc(-c2cncnc2)c1-c1ccc(F)cc1F. The zero-order valence-electron chi connectivity index (χ0n) is 10.0. The molecule has 7 heteroatoms. The number of benzene rings is 1. The second kappa shape index (κ2) is 4.69. The molecule has 0 radical (unpaired) electrons. The highest BCUT2D eigenvalue weighted by Gasteiger charge is 2.21. The van der Waals surface area contributed by atoms with E-state index >= 15 is 0 Å². The van der Waals surface area contributed by atoms with Gasteiger partial charge in [0, 0.05) is 24.0 Å². The fourth-order valence-corrected chi connectivity index (χ4v) is 1.87. The molecule has 2 heterocycles. The first-order valence-corrected chi connectivity index (χ1v) is 5.63. The number of nitrogens with zero attached hydrogens (tertiary/aromatic N) is 3. The van der Waals surface area contributed by atoms with Gasteiger partial charge in [-0.25, -0.2) is 18.7 Å². The molecule has 5 nitrogen and oxygen atoms in total. The minimum atomic E-state index is -0.752. The summed E-state index contributed by atoms with van der Waals surface area (Å²) in [7, 11) is 0. The standard InChI is InChI=1S/C13H8F2N4O/c14-8-1-2-9(10(15)3-8)11-12(20-19-13(11)16)7-4-17-6-18-5-7/h1-6H,(H2,16,19). The van der Waals surface area contributed by atoms with Gasteiger partial charge in [0.2, 0.25) is 0 Å². The molecule has 0 aliphatic rings. The molecule has 1 aromatic carbocycles. The van der Waals surface area contributed by atoms with E-state index in [4.69, 9.17) is 10.3 Å². The van der Waals surface area contributed by atoms with Crippen molar-refractivity contribution >= 4 is 5.82 Å². The van der Waals surface area contributed by atoms with Crippen molar-refractivity contribution in [1.82, 2.24) is 15.1 Å². The highest BCUT2D eigenvalue weighted by molar-refractivity contribution is 5.86. The molecule has 2 N–H and O–H groups in total. The van der Waals surface area contributed by atoms with Crippen LogP contribution in [0.2, 0.25) is 0 Å². The lowest BCUT2D eigenvalue weighted by Crippen LogP contribution is -1.93. The Morgan fingerprint density at radius 3 is 2.55 bits per heavy atom. The maximum atomic E-state index is 13.9. The van der Waals surface area contributed by atoms with Gasteiger partial charge in [-0.15, -0.1) is 0 Å². The monoisotopic (exact) mass is 274 g/mol. The first-order chi connectivity index (χ1) is 9.66. The largest absolute Gasteiger partial charge is 0.380 e. The molecule has 0 saturated carbocycles. The van der Waals surface area contributed by atoms with Crippen molar-refractivity contribution in [1.29, 1.82) is 0 Å². The van der Waals surface area contributed by atoms with E-state index < -0.39 is 11.6 Å². The Balaban J connectivity index is 2.22. The summed E-state index contributed by atoms with van der Waals surface area (Å²) >= 11 is 0. The number of nitrogen functional groups attached to an aromatic ring is 1. The summed E-state index contributed by atoms with van der Waals surface area (Å²) in [6.07, 6.45) is 4.32. The van der Waals surface area contributed by atoms with Crippen LogP contribution in [0.5, 0.6) is 0 Å². The third-order valence-corrected chi connectivity index (χ3v) is 2.74. The zero-order valence-corrected chi connectivity index (χ0v) is 10.0. The van der Waals surface area contributed by atoms with E-state index in [0.717, 1.165) is 12.1 Å². The van der Waals surface area contributed by atoms with Crippen molar-refractivity contribution in [3.63, 3.8) is 0 Å². The third kappa shape index (κ3) is 1.99. The summed E-state index contributed by atoms with van der Waals surface area (Å²) in [6.45, 7) is 0. The predicted molar refractivity (Wildman–Crippen MR) is 67.3 cm³/mol. The molecule has 0 unspecified atom stereocenters. The highest BCUT2D eigenvalue weighted by Crippen LogP contribution is 2.37. The van der Waals surface area contributed by atoms with Gasteiger partial charge in [-0.2, -0.15) is 0 Å². The third-order valence-electron chi connectivity index (χ3n) is 2.74. The molecule has 0 fully saturated rings. The fraction of sp³-hybridized carbons (Fsp3) is 0. The summed E-state index contributed by atoms with van der Waals surface area (Å²) in [5.41, 5.74) is 6.56. The van der Waals surface area contributed by atoms with Crippen LogP contribution in [0.4, 0.5) is 14.6 Å². The average Bonchev–Trinajstić information content (AvgIpc) is 2.82. The lowest BCUT2D eigenvalue weighted by atomic mass is 10.0. The smallest absolute Gasteiger partial charge is 0.180 e. The summed E-state index contributed by atoms with van der Waals surface area (Å²) in [5.74, 6) is -1.19.